The smallest absolute Gasteiger partial charge is 0.174 e. The number of phenols is 1. The highest BCUT2D eigenvalue weighted by Crippen LogP contribution is 2.64. The van der Waals surface area contributed by atoms with Crippen molar-refractivity contribution in [2.24, 2.45) is 0 Å². The number of carbonyl (C=O) groups excluding carboxylic acids is 1. The monoisotopic (exact) mass is 381 g/mol. The van der Waals surface area contributed by atoms with Crippen molar-refractivity contribution in [1.29, 1.82) is 0 Å². The van der Waals surface area contributed by atoms with Gasteiger partial charge < -0.3 is 20.4 Å². The van der Waals surface area contributed by atoms with Crippen LogP contribution in [0, 0.1) is 0 Å². The molecular weight excluding hydrogens is 358 g/mol. The predicted molar refractivity (Wildman–Crippen MR) is 98.1 cm³/mol. The molecule has 5 rings (SSSR count). The van der Waals surface area contributed by atoms with Gasteiger partial charge in [0.2, 0.25) is 0 Å². The number of benzene rings is 1. The SMILES string of the molecule is C=CCN1CC[C@]23c4c5ccc(O)c4O[C@H]2C(=O)CC[C@]3(O)[C@H]1C5.Cl.O. The molecule has 6 nitrogen and oxygen atoms in total. The Morgan fingerprint density at radius 2 is 2.15 bits per heavy atom. The van der Waals surface area contributed by atoms with Gasteiger partial charge in [-0.3, -0.25) is 9.69 Å². The summed E-state index contributed by atoms with van der Waals surface area (Å²) in [5.74, 6) is 0.528. The zero-order chi connectivity index (χ0) is 16.7. The van der Waals surface area contributed by atoms with Crippen LogP contribution >= 0.6 is 12.4 Å². The van der Waals surface area contributed by atoms with Crippen LogP contribution in [0.15, 0.2) is 24.8 Å². The second kappa shape index (κ2) is 5.96. The van der Waals surface area contributed by atoms with Gasteiger partial charge in [-0.25, -0.2) is 0 Å². The van der Waals surface area contributed by atoms with Crippen LogP contribution in [0.25, 0.3) is 0 Å². The number of carbonyl (C=O) groups is 1. The third-order valence-corrected chi connectivity index (χ3v) is 6.73. The summed E-state index contributed by atoms with van der Waals surface area (Å²) in [6.07, 6.45) is 3.35. The van der Waals surface area contributed by atoms with Gasteiger partial charge in [0, 0.05) is 31.1 Å². The van der Waals surface area contributed by atoms with Gasteiger partial charge >= 0.3 is 0 Å². The van der Waals surface area contributed by atoms with E-state index in [2.05, 4.69) is 11.5 Å². The molecule has 1 saturated heterocycles. The Labute approximate surface area is 158 Å². The second-order valence-corrected chi connectivity index (χ2v) is 7.56. The minimum atomic E-state index is -1.00. The molecule has 1 spiro atoms. The number of nitrogens with zero attached hydrogens (tertiary/aromatic N) is 1. The van der Waals surface area contributed by atoms with E-state index < -0.39 is 17.1 Å². The zero-order valence-electron chi connectivity index (χ0n) is 14.4. The van der Waals surface area contributed by atoms with E-state index in [0.29, 0.717) is 31.4 Å². The maximum atomic E-state index is 12.6. The molecule has 0 unspecified atom stereocenters. The number of ether oxygens (including phenoxy) is 1. The van der Waals surface area contributed by atoms with E-state index in [-0.39, 0.29) is 35.5 Å². The molecule has 4 atom stereocenters. The number of likely N-dealkylation sites (tertiary alicyclic amines) is 1. The van der Waals surface area contributed by atoms with Crippen molar-refractivity contribution in [2.75, 3.05) is 13.1 Å². The first-order valence-electron chi connectivity index (χ1n) is 8.65. The van der Waals surface area contributed by atoms with Gasteiger partial charge in [-0.05, 0) is 30.9 Å². The lowest BCUT2D eigenvalue weighted by Gasteiger charge is -2.62. The van der Waals surface area contributed by atoms with Crippen molar-refractivity contribution in [2.45, 2.75) is 48.8 Å². The minimum Gasteiger partial charge on any atom is -0.504 e. The molecule has 0 amide bonds. The average molecular weight is 382 g/mol. The van der Waals surface area contributed by atoms with Crippen LogP contribution in [0.2, 0.25) is 0 Å². The zero-order valence-corrected chi connectivity index (χ0v) is 15.2. The van der Waals surface area contributed by atoms with Crippen molar-refractivity contribution in [1.82, 2.24) is 4.90 Å². The average Bonchev–Trinajstić information content (AvgIpc) is 2.91. The molecule has 1 aromatic rings. The molecule has 0 aromatic heterocycles. The van der Waals surface area contributed by atoms with E-state index in [1.54, 1.807) is 6.07 Å². The number of aliphatic hydroxyl groups is 1. The van der Waals surface area contributed by atoms with Crippen LogP contribution in [0.1, 0.15) is 30.4 Å². The van der Waals surface area contributed by atoms with Crippen LogP contribution < -0.4 is 4.74 Å². The largest absolute Gasteiger partial charge is 0.504 e. The third-order valence-electron chi connectivity index (χ3n) is 6.73. The number of hydrogen-bond acceptors (Lipinski definition) is 5. The summed E-state index contributed by atoms with van der Waals surface area (Å²) in [6.45, 7) is 5.36. The number of ketones is 1. The Morgan fingerprint density at radius 1 is 1.38 bits per heavy atom. The van der Waals surface area contributed by atoms with E-state index >= 15 is 0 Å². The second-order valence-electron chi connectivity index (χ2n) is 7.56. The number of aromatic hydroxyl groups is 1. The molecule has 2 aliphatic carbocycles. The Morgan fingerprint density at radius 3 is 2.88 bits per heavy atom. The summed E-state index contributed by atoms with van der Waals surface area (Å²) in [5.41, 5.74) is 0.256. The van der Waals surface area contributed by atoms with Gasteiger partial charge in [0.1, 0.15) is 0 Å². The highest BCUT2D eigenvalue weighted by molar-refractivity contribution is 5.90. The molecule has 26 heavy (non-hydrogen) atoms. The van der Waals surface area contributed by atoms with E-state index in [4.69, 9.17) is 4.74 Å². The van der Waals surface area contributed by atoms with Gasteiger partial charge in [-0.15, -0.1) is 19.0 Å². The van der Waals surface area contributed by atoms with Crippen molar-refractivity contribution < 1.29 is 25.2 Å². The molecule has 1 saturated carbocycles. The lowest BCUT2D eigenvalue weighted by atomic mass is 9.49. The van der Waals surface area contributed by atoms with Gasteiger partial charge in [-0.2, -0.15) is 0 Å². The van der Waals surface area contributed by atoms with Crippen LogP contribution in [0.3, 0.4) is 0 Å². The van der Waals surface area contributed by atoms with Gasteiger partial charge in [0.05, 0.1) is 11.0 Å². The summed E-state index contributed by atoms with van der Waals surface area (Å²) in [4.78, 5) is 14.9. The Hall–Kier alpha value is -1.60. The lowest BCUT2D eigenvalue weighted by molar-refractivity contribution is -0.187. The fourth-order valence-electron chi connectivity index (χ4n) is 5.80. The fourth-order valence-corrected chi connectivity index (χ4v) is 5.80. The number of rotatable bonds is 2. The Bertz CT molecular complexity index is 783. The quantitative estimate of drug-likeness (QED) is 0.741. The van der Waals surface area contributed by atoms with Crippen LogP contribution in [-0.4, -0.2) is 57.2 Å². The van der Waals surface area contributed by atoms with Gasteiger partial charge in [0.25, 0.3) is 0 Å². The Balaban J connectivity index is 0.000000980. The maximum Gasteiger partial charge on any atom is 0.174 e. The summed E-state index contributed by atoms with van der Waals surface area (Å²) in [7, 11) is 0. The molecule has 142 valence electrons. The highest BCUT2D eigenvalue weighted by atomic mass is 35.5. The maximum absolute atomic E-state index is 12.6. The minimum absolute atomic E-state index is 0. The number of piperidine rings is 1. The molecule has 4 aliphatic rings. The van der Waals surface area contributed by atoms with Crippen LogP contribution in [0.5, 0.6) is 11.5 Å². The van der Waals surface area contributed by atoms with E-state index in [9.17, 15) is 15.0 Å². The van der Waals surface area contributed by atoms with Crippen molar-refractivity contribution in [3.8, 4) is 11.5 Å². The topological polar surface area (TPSA) is 102 Å². The van der Waals surface area contributed by atoms with Gasteiger partial charge in [0.15, 0.2) is 23.4 Å². The fraction of sp³-hybridized carbons (Fsp3) is 0.526. The predicted octanol–water partition coefficient (Wildman–Crippen LogP) is 0.898. The molecule has 2 bridgehead atoms. The lowest BCUT2D eigenvalue weighted by Crippen LogP contribution is -2.76. The molecule has 7 heteroatoms. The van der Waals surface area contributed by atoms with E-state index in [1.165, 1.54) is 0 Å². The number of halogens is 1. The number of Topliss-reactive ketones (excluding diaryl/α,β-unsaturated/α-hetero) is 1. The number of hydrogen-bond donors (Lipinski definition) is 2. The molecule has 4 N–H and O–H groups in total. The summed E-state index contributed by atoms with van der Waals surface area (Å²) in [5, 5.41) is 22.1. The first-order chi connectivity index (χ1) is 11.5. The molecule has 0 radical (unpaired) electrons. The first kappa shape index (κ1) is 19.2. The van der Waals surface area contributed by atoms with Gasteiger partial charge in [-0.1, -0.05) is 12.1 Å². The standard InChI is InChI=1S/C19H21NO4.ClH.H2O/c1-2-8-20-9-7-18-15-11-3-4-12(21)16(15)24-17(18)13(22)5-6-19(18,23)14(20)10-11;;/h2-4,14,17,21,23H,1,5-10H2;1H;1H2/t14-,17+,18+,19+;;/m1../s1. The molecule has 2 heterocycles. The summed E-state index contributed by atoms with van der Waals surface area (Å²) < 4.78 is 5.98. The third kappa shape index (κ3) is 1.90. The summed E-state index contributed by atoms with van der Waals surface area (Å²) in [6, 6.07) is 3.52. The van der Waals surface area contributed by atoms with Crippen molar-refractivity contribution >= 4 is 18.2 Å². The molecule has 2 aliphatic heterocycles. The van der Waals surface area contributed by atoms with Crippen LogP contribution in [-0.2, 0) is 16.6 Å². The Kier molecular flexibility index (Phi) is 4.39. The molecular formula is C19H24ClNO5. The number of phenolic OH excluding ortho intramolecular Hbond substituents is 1. The summed E-state index contributed by atoms with van der Waals surface area (Å²) >= 11 is 0. The van der Waals surface area contributed by atoms with Crippen molar-refractivity contribution in [3.63, 3.8) is 0 Å². The normalized spacial score (nSPS) is 36.3. The van der Waals surface area contributed by atoms with E-state index in [1.807, 2.05) is 12.1 Å². The first-order valence-corrected chi connectivity index (χ1v) is 8.65. The van der Waals surface area contributed by atoms with E-state index in [0.717, 1.165) is 24.2 Å². The van der Waals surface area contributed by atoms with Crippen molar-refractivity contribution in [3.05, 3.63) is 35.9 Å². The molecule has 2 fully saturated rings. The molecule has 1 aromatic carbocycles. The highest BCUT2D eigenvalue weighted by Gasteiger charge is 2.72. The van der Waals surface area contributed by atoms with Crippen LogP contribution in [0.4, 0.5) is 0 Å².